The van der Waals surface area contributed by atoms with Crippen LogP contribution in [0.3, 0.4) is 0 Å². The standard InChI is InChI=1S/C28H33N5O5S/c29-26(34)19-10-13-25(30-16-19)32-27(35)24(14-18-6-2-1-3-7-18)33-17-31-23-15-21(11-12-22(23)28(33)36)39(37,38)20-8-4-5-9-20/h10-13,15-18,20,24H,1-9,14H2,(H2,29,34)(H,30,32,35)/p+1. The van der Waals surface area contributed by atoms with E-state index in [1.165, 1.54) is 53.8 Å². The van der Waals surface area contributed by atoms with Crippen LogP contribution in [0.15, 0.2) is 52.5 Å². The molecule has 1 atom stereocenters. The number of aromatic amines is 1. The van der Waals surface area contributed by atoms with Crippen LogP contribution in [0.4, 0.5) is 5.82 Å². The third kappa shape index (κ3) is 5.73. The SMILES string of the molecule is NC(=O)c1ccc(NC(=O)C(CC2CCCCC2)n2c[nH+]c3cc(S(=O)(=O)C4CCCC4)ccc3c2=O)nc1. The van der Waals surface area contributed by atoms with Gasteiger partial charge in [-0.05, 0) is 43.0 Å². The molecule has 39 heavy (non-hydrogen) atoms. The van der Waals surface area contributed by atoms with Gasteiger partial charge in [0, 0.05) is 18.7 Å². The summed E-state index contributed by atoms with van der Waals surface area (Å²) in [5.41, 5.74) is 5.54. The van der Waals surface area contributed by atoms with Gasteiger partial charge in [0.2, 0.25) is 12.2 Å². The van der Waals surface area contributed by atoms with E-state index in [2.05, 4.69) is 15.3 Å². The minimum absolute atomic E-state index is 0.206. The predicted octanol–water partition coefficient (Wildman–Crippen LogP) is 3.18. The minimum Gasteiger partial charge on any atom is -0.366 e. The highest BCUT2D eigenvalue weighted by molar-refractivity contribution is 7.92. The molecule has 2 aromatic heterocycles. The van der Waals surface area contributed by atoms with Crippen molar-refractivity contribution in [2.45, 2.75) is 80.4 Å². The Morgan fingerprint density at radius 3 is 2.44 bits per heavy atom. The van der Waals surface area contributed by atoms with Gasteiger partial charge in [-0.3, -0.25) is 9.59 Å². The van der Waals surface area contributed by atoms with E-state index in [9.17, 15) is 22.8 Å². The number of carbonyl (C=O) groups excluding carboxylic acids is 2. The molecule has 206 valence electrons. The number of hydrogen-bond acceptors (Lipinski definition) is 6. The number of amides is 2. The van der Waals surface area contributed by atoms with Gasteiger partial charge in [-0.1, -0.05) is 44.9 Å². The van der Waals surface area contributed by atoms with E-state index < -0.39 is 27.7 Å². The summed E-state index contributed by atoms with van der Waals surface area (Å²) in [5, 5.41) is 2.71. The van der Waals surface area contributed by atoms with Crippen molar-refractivity contribution in [2.24, 2.45) is 11.7 Å². The van der Waals surface area contributed by atoms with Gasteiger partial charge in [-0.25, -0.2) is 23.2 Å². The third-order valence-corrected chi connectivity index (χ3v) is 10.4. The molecular formula is C28H34N5O5S+. The molecule has 0 radical (unpaired) electrons. The molecule has 0 aliphatic heterocycles. The van der Waals surface area contributed by atoms with E-state index in [-0.39, 0.29) is 27.1 Å². The van der Waals surface area contributed by atoms with Gasteiger partial charge < -0.3 is 11.1 Å². The maximum atomic E-state index is 13.7. The lowest BCUT2D eigenvalue weighted by molar-refractivity contribution is -0.353. The van der Waals surface area contributed by atoms with Crippen LogP contribution in [0, 0.1) is 5.92 Å². The first-order chi connectivity index (χ1) is 18.7. The number of carbonyl (C=O) groups is 2. The number of H-pyrrole nitrogens is 1. The maximum Gasteiger partial charge on any atom is 0.345 e. The molecule has 2 fully saturated rings. The smallest absolute Gasteiger partial charge is 0.345 e. The number of benzene rings is 1. The summed E-state index contributed by atoms with van der Waals surface area (Å²) in [6.45, 7) is 0. The lowest BCUT2D eigenvalue weighted by atomic mass is 9.84. The van der Waals surface area contributed by atoms with Crippen molar-refractivity contribution in [3.63, 3.8) is 0 Å². The highest BCUT2D eigenvalue weighted by Gasteiger charge is 2.33. The molecule has 2 saturated carbocycles. The van der Waals surface area contributed by atoms with Crippen LogP contribution in [-0.4, -0.2) is 35.0 Å². The number of nitrogens with zero attached hydrogens (tertiary/aromatic N) is 2. The number of aromatic nitrogens is 3. The van der Waals surface area contributed by atoms with Crippen molar-refractivity contribution in [1.82, 2.24) is 9.55 Å². The fourth-order valence-corrected chi connectivity index (χ4v) is 7.75. The largest absolute Gasteiger partial charge is 0.366 e. The molecule has 10 nitrogen and oxygen atoms in total. The molecule has 3 aromatic rings. The molecule has 1 aromatic carbocycles. The van der Waals surface area contributed by atoms with Crippen LogP contribution >= 0.6 is 0 Å². The molecule has 0 bridgehead atoms. The van der Waals surface area contributed by atoms with Gasteiger partial charge in [0.05, 0.1) is 15.7 Å². The normalized spacial score (nSPS) is 17.7. The summed E-state index contributed by atoms with van der Waals surface area (Å²) in [6.07, 6.45) is 11.7. The van der Waals surface area contributed by atoms with E-state index >= 15 is 0 Å². The average molecular weight is 553 g/mol. The summed E-state index contributed by atoms with van der Waals surface area (Å²) >= 11 is 0. The van der Waals surface area contributed by atoms with Crippen molar-refractivity contribution < 1.29 is 23.0 Å². The Bertz CT molecular complexity index is 1540. The maximum absolute atomic E-state index is 13.7. The average Bonchev–Trinajstić information content (AvgIpc) is 3.49. The fraction of sp³-hybridized carbons (Fsp3) is 0.464. The molecule has 2 amide bonds. The summed E-state index contributed by atoms with van der Waals surface area (Å²) in [6, 6.07) is 6.73. The Balaban J connectivity index is 1.47. The van der Waals surface area contributed by atoms with Gasteiger partial charge in [0.15, 0.2) is 15.9 Å². The van der Waals surface area contributed by atoms with Crippen molar-refractivity contribution in [3.8, 4) is 0 Å². The summed E-state index contributed by atoms with van der Waals surface area (Å²) < 4.78 is 27.6. The Hall–Kier alpha value is -3.60. The molecule has 2 aliphatic rings. The molecule has 4 N–H and O–H groups in total. The van der Waals surface area contributed by atoms with E-state index in [0.29, 0.717) is 36.1 Å². The van der Waals surface area contributed by atoms with Crippen molar-refractivity contribution in [1.29, 1.82) is 0 Å². The molecule has 0 spiro atoms. The Morgan fingerprint density at radius 2 is 1.77 bits per heavy atom. The number of nitrogens with one attached hydrogen (secondary N) is 2. The summed E-state index contributed by atoms with van der Waals surface area (Å²) in [5.74, 6) is -0.470. The molecule has 0 saturated heterocycles. The second kappa shape index (κ2) is 11.3. The number of pyridine rings is 1. The third-order valence-electron chi connectivity index (χ3n) is 8.10. The van der Waals surface area contributed by atoms with Crippen molar-refractivity contribution >= 4 is 38.4 Å². The number of primary amides is 1. The zero-order chi connectivity index (χ0) is 27.6. The first-order valence-electron chi connectivity index (χ1n) is 13.6. The second-order valence-corrected chi connectivity index (χ2v) is 12.9. The molecule has 5 rings (SSSR count). The van der Waals surface area contributed by atoms with Crippen LogP contribution < -0.4 is 21.6 Å². The zero-order valence-corrected chi connectivity index (χ0v) is 22.6. The Morgan fingerprint density at radius 1 is 1.05 bits per heavy atom. The summed E-state index contributed by atoms with van der Waals surface area (Å²) in [4.78, 5) is 45.9. The summed E-state index contributed by atoms with van der Waals surface area (Å²) in [7, 11) is -3.47. The van der Waals surface area contributed by atoms with Gasteiger partial charge in [-0.2, -0.15) is 4.57 Å². The van der Waals surface area contributed by atoms with Crippen LogP contribution in [0.1, 0.15) is 80.6 Å². The number of rotatable bonds is 8. The van der Waals surface area contributed by atoms with E-state index in [1.807, 2.05) is 0 Å². The van der Waals surface area contributed by atoms with Crippen LogP contribution in [-0.2, 0) is 14.6 Å². The highest BCUT2D eigenvalue weighted by Crippen LogP contribution is 2.32. The second-order valence-electron chi connectivity index (χ2n) is 10.7. The number of anilines is 1. The van der Waals surface area contributed by atoms with E-state index in [4.69, 9.17) is 5.73 Å². The van der Waals surface area contributed by atoms with Crippen molar-refractivity contribution in [3.05, 3.63) is 58.8 Å². The predicted molar refractivity (Wildman–Crippen MR) is 146 cm³/mol. The van der Waals surface area contributed by atoms with Gasteiger partial charge in [-0.15, -0.1) is 0 Å². The lowest BCUT2D eigenvalue weighted by Crippen LogP contribution is -2.37. The number of hydrogen-bond donors (Lipinski definition) is 2. The molecular weight excluding hydrogens is 518 g/mol. The van der Waals surface area contributed by atoms with Crippen molar-refractivity contribution in [2.75, 3.05) is 5.32 Å². The quantitative estimate of drug-likeness (QED) is 0.437. The van der Waals surface area contributed by atoms with Gasteiger partial charge in [0.25, 0.3) is 5.91 Å². The zero-order valence-electron chi connectivity index (χ0n) is 21.8. The van der Waals surface area contributed by atoms with Gasteiger partial charge in [0.1, 0.15) is 16.7 Å². The Labute approximate surface area is 227 Å². The minimum atomic E-state index is -3.47. The highest BCUT2D eigenvalue weighted by atomic mass is 32.2. The first kappa shape index (κ1) is 27.0. The molecule has 1 unspecified atom stereocenters. The monoisotopic (exact) mass is 552 g/mol. The number of sulfone groups is 1. The topological polar surface area (TPSA) is 155 Å². The van der Waals surface area contributed by atoms with E-state index in [1.54, 1.807) is 0 Å². The molecule has 2 heterocycles. The number of fused-ring (bicyclic) bond motifs is 1. The fourth-order valence-electron chi connectivity index (χ4n) is 5.87. The number of nitrogens with two attached hydrogens (primary N) is 1. The molecule has 11 heteroatoms. The van der Waals surface area contributed by atoms with Gasteiger partial charge >= 0.3 is 5.56 Å². The first-order valence-corrected chi connectivity index (χ1v) is 15.2. The van der Waals surface area contributed by atoms with Crippen LogP contribution in [0.5, 0.6) is 0 Å². The molecule has 2 aliphatic carbocycles. The van der Waals surface area contributed by atoms with Crippen LogP contribution in [0.25, 0.3) is 10.9 Å². The van der Waals surface area contributed by atoms with Crippen LogP contribution in [0.2, 0.25) is 0 Å². The van der Waals surface area contributed by atoms with E-state index in [0.717, 1.165) is 38.5 Å². The lowest BCUT2D eigenvalue weighted by Gasteiger charge is -2.24. The Kier molecular flexibility index (Phi) is 7.79.